The number of nitrogens with zero attached hydrogens (tertiary/aromatic N) is 2. The maximum Gasteiger partial charge on any atom is 0.165 e. The summed E-state index contributed by atoms with van der Waals surface area (Å²) in [5, 5.41) is 4.15. The van der Waals surface area contributed by atoms with Gasteiger partial charge in [-0.05, 0) is 30.7 Å². The van der Waals surface area contributed by atoms with Gasteiger partial charge in [0.05, 0.1) is 12.4 Å². The smallest absolute Gasteiger partial charge is 0.165 e. The number of aryl methyl sites for hydroxylation is 1. The van der Waals surface area contributed by atoms with E-state index < -0.39 is 0 Å². The molecule has 0 atom stereocenters. The van der Waals surface area contributed by atoms with Crippen LogP contribution < -0.4 is 10.5 Å². The van der Waals surface area contributed by atoms with Crippen LogP contribution in [-0.4, -0.2) is 9.78 Å². The van der Waals surface area contributed by atoms with Crippen LogP contribution in [0.3, 0.4) is 0 Å². The van der Waals surface area contributed by atoms with Gasteiger partial charge in [0, 0.05) is 17.6 Å². The van der Waals surface area contributed by atoms with Crippen LogP contribution in [-0.2, 0) is 13.1 Å². The van der Waals surface area contributed by atoms with Crippen LogP contribution in [0, 0.1) is 0 Å². The normalized spacial score (nSPS) is 10.5. The Bertz CT molecular complexity index is 510. The highest BCUT2D eigenvalue weighted by Gasteiger charge is 2.03. The largest absolute Gasteiger partial charge is 0.454 e. The number of halogens is 1. The van der Waals surface area contributed by atoms with Crippen LogP contribution in [0.25, 0.3) is 0 Å². The summed E-state index contributed by atoms with van der Waals surface area (Å²) >= 11 is 3.43. The molecule has 1 aromatic heterocycles. The Morgan fingerprint density at radius 2 is 2.18 bits per heavy atom. The van der Waals surface area contributed by atoms with Crippen molar-refractivity contribution in [3.8, 4) is 11.5 Å². The fourth-order valence-corrected chi connectivity index (χ4v) is 2.02. The molecule has 0 saturated carbocycles. The molecule has 5 heteroatoms. The molecule has 0 fully saturated rings. The van der Waals surface area contributed by atoms with E-state index in [0.717, 1.165) is 28.1 Å². The Morgan fingerprint density at radius 3 is 2.82 bits per heavy atom. The molecule has 2 aromatic rings. The minimum atomic E-state index is 0.490. The Labute approximate surface area is 109 Å². The Balaban J connectivity index is 2.20. The summed E-state index contributed by atoms with van der Waals surface area (Å²) in [6.07, 6.45) is 3.57. The first-order valence-electron chi connectivity index (χ1n) is 5.41. The Morgan fingerprint density at radius 1 is 1.35 bits per heavy atom. The van der Waals surface area contributed by atoms with Crippen LogP contribution >= 0.6 is 15.9 Å². The highest BCUT2D eigenvalue weighted by atomic mass is 79.9. The molecule has 0 radical (unpaired) electrons. The third-order valence-corrected chi connectivity index (χ3v) is 2.79. The van der Waals surface area contributed by atoms with Gasteiger partial charge < -0.3 is 10.5 Å². The molecule has 90 valence electrons. The number of nitrogens with two attached hydrogens (primary N) is 1. The van der Waals surface area contributed by atoms with Crippen molar-refractivity contribution in [1.82, 2.24) is 9.78 Å². The van der Waals surface area contributed by atoms with Crippen LogP contribution in [0.2, 0.25) is 0 Å². The predicted molar refractivity (Wildman–Crippen MR) is 70.0 cm³/mol. The molecule has 0 aliphatic carbocycles. The molecular weight excluding hydrogens is 282 g/mol. The molecule has 2 rings (SSSR count). The van der Waals surface area contributed by atoms with E-state index in [9.17, 15) is 0 Å². The minimum absolute atomic E-state index is 0.490. The molecule has 17 heavy (non-hydrogen) atoms. The molecule has 0 bridgehead atoms. The average molecular weight is 296 g/mol. The lowest BCUT2D eigenvalue weighted by atomic mass is 10.2. The second kappa shape index (κ2) is 5.33. The highest BCUT2D eigenvalue weighted by molar-refractivity contribution is 9.10. The van der Waals surface area contributed by atoms with E-state index in [1.54, 1.807) is 6.20 Å². The molecule has 0 aliphatic heterocycles. The molecule has 0 aliphatic rings. The predicted octanol–water partition coefficient (Wildman–Crippen LogP) is 2.92. The zero-order valence-electron chi connectivity index (χ0n) is 9.56. The highest BCUT2D eigenvalue weighted by Crippen LogP contribution is 2.26. The standard InChI is InChI=1S/C12H14BrN3O/c1-2-16-8-12(7-15-16)17-11-4-9(6-14)3-10(13)5-11/h3-5,7-8H,2,6,14H2,1H3. The van der Waals surface area contributed by atoms with Crippen molar-refractivity contribution >= 4 is 15.9 Å². The molecule has 1 heterocycles. The number of benzene rings is 1. The van der Waals surface area contributed by atoms with Crippen LogP contribution in [0.1, 0.15) is 12.5 Å². The first kappa shape index (κ1) is 12.1. The van der Waals surface area contributed by atoms with E-state index in [2.05, 4.69) is 21.0 Å². The molecule has 2 N–H and O–H groups in total. The zero-order chi connectivity index (χ0) is 12.3. The minimum Gasteiger partial charge on any atom is -0.454 e. The number of hydrogen-bond donors (Lipinski definition) is 1. The first-order chi connectivity index (χ1) is 8.21. The summed E-state index contributed by atoms with van der Waals surface area (Å²) in [6, 6.07) is 5.80. The lowest BCUT2D eigenvalue weighted by molar-refractivity contribution is 0.480. The first-order valence-corrected chi connectivity index (χ1v) is 6.20. The van der Waals surface area contributed by atoms with Crippen molar-refractivity contribution in [2.24, 2.45) is 5.73 Å². The topological polar surface area (TPSA) is 53.1 Å². The SMILES string of the molecule is CCn1cc(Oc2cc(Br)cc(CN)c2)cn1. The van der Waals surface area contributed by atoms with Gasteiger partial charge in [0.2, 0.25) is 0 Å². The van der Waals surface area contributed by atoms with Crippen LogP contribution in [0.5, 0.6) is 11.5 Å². The summed E-state index contributed by atoms with van der Waals surface area (Å²) in [5.41, 5.74) is 6.64. The number of rotatable bonds is 4. The Hall–Kier alpha value is -1.33. The van der Waals surface area contributed by atoms with Crippen molar-refractivity contribution in [3.05, 3.63) is 40.6 Å². The zero-order valence-corrected chi connectivity index (χ0v) is 11.1. The molecule has 0 saturated heterocycles. The van der Waals surface area contributed by atoms with Gasteiger partial charge in [-0.25, -0.2) is 0 Å². The van der Waals surface area contributed by atoms with Gasteiger partial charge in [-0.2, -0.15) is 5.10 Å². The van der Waals surface area contributed by atoms with Gasteiger partial charge in [-0.15, -0.1) is 0 Å². The van der Waals surface area contributed by atoms with Crippen LogP contribution in [0.4, 0.5) is 0 Å². The average Bonchev–Trinajstić information content (AvgIpc) is 2.76. The van der Waals surface area contributed by atoms with E-state index in [0.29, 0.717) is 6.54 Å². The molecule has 0 amide bonds. The second-order valence-corrected chi connectivity index (χ2v) is 4.55. The van der Waals surface area contributed by atoms with Gasteiger partial charge in [0.1, 0.15) is 5.75 Å². The third-order valence-electron chi connectivity index (χ3n) is 2.34. The molecular formula is C12H14BrN3O. The summed E-state index contributed by atoms with van der Waals surface area (Å²) < 4.78 is 8.49. The fourth-order valence-electron chi connectivity index (χ4n) is 1.50. The fraction of sp³-hybridized carbons (Fsp3) is 0.250. The van der Waals surface area contributed by atoms with E-state index in [-0.39, 0.29) is 0 Å². The van der Waals surface area contributed by atoms with Crippen molar-refractivity contribution in [2.45, 2.75) is 20.0 Å². The summed E-state index contributed by atoms with van der Waals surface area (Å²) in [7, 11) is 0. The van der Waals surface area contributed by atoms with Gasteiger partial charge in [0.25, 0.3) is 0 Å². The van der Waals surface area contributed by atoms with Crippen molar-refractivity contribution in [3.63, 3.8) is 0 Å². The van der Waals surface area contributed by atoms with Crippen molar-refractivity contribution in [1.29, 1.82) is 0 Å². The van der Waals surface area contributed by atoms with Crippen molar-refractivity contribution < 1.29 is 4.74 Å². The summed E-state index contributed by atoms with van der Waals surface area (Å²) in [5.74, 6) is 1.49. The lowest BCUT2D eigenvalue weighted by Gasteiger charge is -2.05. The molecule has 1 aromatic carbocycles. The van der Waals surface area contributed by atoms with Crippen molar-refractivity contribution in [2.75, 3.05) is 0 Å². The third kappa shape index (κ3) is 3.08. The monoisotopic (exact) mass is 295 g/mol. The number of hydrogen-bond acceptors (Lipinski definition) is 3. The van der Waals surface area contributed by atoms with E-state index >= 15 is 0 Å². The molecule has 0 unspecified atom stereocenters. The summed E-state index contributed by atoms with van der Waals surface area (Å²) in [6.45, 7) is 3.35. The van der Waals surface area contributed by atoms with Gasteiger partial charge in [-0.3, -0.25) is 4.68 Å². The Kier molecular flexibility index (Phi) is 3.81. The summed E-state index contributed by atoms with van der Waals surface area (Å²) in [4.78, 5) is 0. The van der Waals surface area contributed by atoms with Gasteiger partial charge in [0.15, 0.2) is 5.75 Å². The van der Waals surface area contributed by atoms with E-state index in [1.807, 2.05) is 36.0 Å². The lowest BCUT2D eigenvalue weighted by Crippen LogP contribution is -1.96. The maximum atomic E-state index is 5.72. The molecule has 0 spiro atoms. The number of ether oxygens (including phenoxy) is 1. The van der Waals surface area contributed by atoms with Gasteiger partial charge in [-0.1, -0.05) is 15.9 Å². The molecule has 4 nitrogen and oxygen atoms in total. The number of aromatic nitrogens is 2. The van der Waals surface area contributed by atoms with E-state index in [4.69, 9.17) is 10.5 Å². The van der Waals surface area contributed by atoms with Gasteiger partial charge >= 0.3 is 0 Å². The quantitative estimate of drug-likeness (QED) is 0.943. The second-order valence-electron chi connectivity index (χ2n) is 3.63. The maximum absolute atomic E-state index is 5.72. The van der Waals surface area contributed by atoms with E-state index in [1.165, 1.54) is 0 Å². The van der Waals surface area contributed by atoms with Crippen LogP contribution in [0.15, 0.2) is 35.1 Å².